The van der Waals surface area contributed by atoms with Crippen molar-refractivity contribution in [3.05, 3.63) is 212 Å². The van der Waals surface area contributed by atoms with Crippen LogP contribution < -0.4 is 4.90 Å². The maximum atomic E-state index is 2.45. The van der Waals surface area contributed by atoms with Crippen LogP contribution in [0.15, 0.2) is 212 Å². The van der Waals surface area contributed by atoms with Crippen molar-refractivity contribution in [2.75, 3.05) is 4.90 Å². The molecular weight excluding hydrogens is 691 g/mol. The van der Waals surface area contributed by atoms with E-state index >= 15 is 0 Å². The maximum absolute atomic E-state index is 2.45. The van der Waals surface area contributed by atoms with Crippen LogP contribution in [0.2, 0.25) is 0 Å². The van der Waals surface area contributed by atoms with E-state index in [4.69, 9.17) is 0 Å². The highest BCUT2D eigenvalue weighted by atomic mass is 15.1. The van der Waals surface area contributed by atoms with Gasteiger partial charge in [0.25, 0.3) is 0 Å². The lowest BCUT2D eigenvalue weighted by atomic mass is 10.0. The molecule has 0 aliphatic heterocycles. The standard InChI is InChI=1S/C54H35N3/c1-3-13-36(14-4-1)37-23-28-41(29-24-37)55(43-34-48-45-18-8-11-21-51(45)57-52-22-12-9-19-46(52)49(35-43)54(48)57)42-30-25-38(26-31-42)39-27-32-47-44-17-7-10-20-50(44)56(53(47)33-39)40-15-5-2-6-16-40/h1-35H. The molecule has 9 aromatic carbocycles. The number of benzene rings is 9. The van der Waals surface area contributed by atoms with Gasteiger partial charge in [0.15, 0.2) is 0 Å². The van der Waals surface area contributed by atoms with Crippen molar-refractivity contribution in [1.82, 2.24) is 8.97 Å². The van der Waals surface area contributed by atoms with Crippen LogP contribution in [-0.4, -0.2) is 8.97 Å². The van der Waals surface area contributed by atoms with Gasteiger partial charge in [-0.1, -0.05) is 140 Å². The molecule has 0 spiro atoms. The number of para-hydroxylation sites is 4. The summed E-state index contributed by atoms with van der Waals surface area (Å²) in [5, 5.41) is 7.58. The first-order valence-corrected chi connectivity index (χ1v) is 19.6. The lowest BCUT2D eigenvalue weighted by molar-refractivity contribution is 1.18. The Kier molecular flexibility index (Phi) is 6.93. The fourth-order valence-corrected chi connectivity index (χ4v) is 9.25. The molecule has 0 unspecified atom stereocenters. The van der Waals surface area contributed by atoms with Crippen LogP contribution in [0.4, 0.5) is 17.1 Å². The average Bonchev–Trinajstić information content (AvgIpc) is 3.92. The lowest BCUT2D eigenvalue weighted by Gasteiger charge is -2.26. The second-order valence-corrected chi connectivity index (χ2v) is 15.0. The fraction of sp³-hybridized carbons (Fsp3) is 0. The van der Waals surface area contributed by atoms with Gasteiger partial charge < -0.3 is 13.9 Å². The molecule has 0 saturated heterocycles. The van der Waals surface area contributed by atoms with E-state index in [1.165, 1.54) is 82.2 Å². The zero-order chi connectivity index (χ0) is 37.5. The molecule has 12 rings (SSSR count). The summed E-state index contributed by atoms with van der Waals surface area (Å²) in [6.45, 7) is 0. The van der Waals surface area contributed by atoms with Crippen LogP contribution in [0.1, 0.15) is 0 Å². The molecule has 3 heteroatoms. The predicted octanol–water partition coefficient (Wildman–Crippen LogP) is 14.7. The van der Waals surface area contributed by atoms with Gasteiger partial charge in [-0.15, -0.1) is 0 Å². The predicted molar refractivity (Wildman–Crippen MR) is 241 cm³/mol. The zero-order valence-electron chi connectivity index (χ0n) is 31.0. The van der Waals surface area contributed by atoms with Gasteiger partial charge in [-0.25, -0.2) is 0 Å². The Morgan fingerprint density at radius 3 is 1.32 bits per heavy atom. The van der Waals surface area contributed by atoms with E-state index in [1.807, 2.05) is 0 Å². The summed E-state index contributed by atoms with van der Waals surface area (Å²) >= 11 is 0. The Hall–Kier alpha value is -7.62. The lowest BCUT2D eigenvalue weighted by Crippen LogP contribution is -2.10. The minimum atomic E-state index is 1.10. The molecule has 3 heterocycles. The van der Waals surface area contributed by atoms with Crippen molar-refractivity contribution >= 4 is 77.0 Å². The van der Waals surface area contributed by atoms with Crippen molar-refractivity contribution in [3.8, 4) is 27.9 Å². The third-order valence-electron chi connectivity index (χ3n) is 11.8. The largest absolute Gasteiger partial charge is 0.310 e. The molecule has 0 bridgehead atoms. The van der Waals surface area contributed by atoms with Crippen molar-refractivity contribution in [2.24, 2.45) is 0 Å². The zero-order valence-corrected chi connectivity index (χ0v) is 31.0. The number of aromatic nitrogens is 2. The Morgan fingerprint density at radius 2 is 0.719 bits per heavy atom. The van der Waals surface area contributed by atoms with Gasteiger partial charge >= 0.3 is 0 Å². The van der Waals surface area contributed by atoms with Gasteiger partial charge in [-0.2, -0.15) is 0 Å². The second kappa shape index (κ2) is 12.5. The van der Waals surface area contributed by atoms with Gasteiger partial charge in [0, 0.05) is 55.1 Å². The molecule has 266 valence electrons. The average molecular weight is 726 g/mol. The molecule has 0 amide bonds. The van der Waals surface area contributed by atoms with Crippen LogP contribution in [-0.2, 0) is 0 Å². The molecular formula is C54H35N3. The Labute approximate surface area is 329 Å². The van der Waals surface area contributed by atoms with E-state index in [2.05, 4.69) is 226 Å². The van der Waals surface area contributed by atoms with Gasteiger partial charge in [-0.3, -0.25) is 0 Å². The molecule has 0 radical (unpaired) electrons. The van der Waals surface area contributed by atoms with Crippen molar-refractivity contribution < 1.29 is 0 Å². The fourth-order valence-electron chi connectivity index (χ4n) is 9.25. The Balaban J connectivity index is 1.03. The summed E-state index contributed by atoms with van der Waals surface area (Å²) in [7, 11) is 0. The third-order valence-corrected chi connectivity index (χ3v) is 11.8. The van der Waals surface area contributed by atoms with E-state index in [9.17, 15) is 0 Å². The van der Waals surface area contributed by atoms with E-state index in [0.717, 1.165) is 22.7 Å². The number of nitrogens with zero attached hydrogens (tertiary/aromatic N) is 3. The molecule has 0 fully saturated rings. The Bertz CT molecular complexity index is 3350. The van der Waals surface area contributed by atoms with E-state index in [1.54, 1.807) is 0 Å². The highest BCUT2D eigenvalue weighted by molar-refractivity contribution is 6.24. The summed E-state index contributed by atoms with van der Waals surface area (Å²) < 4.78 is 4.83. The van der Waals surface area contributed by atoms with Crippen LogP contribution in [0.3, 0.4) is 0 Å². The van der Waals surface area contributed by atoms with Crippen molar-refractivity contribution in [2.45, 2.75) is 0 Å². The summed E-state index contributed by atoms with van der Waals surface area (Å²) in [6, 6.07) is 77.4. The van der Waals surface area contributed by atoms with Crippen molar-refractivity contribution in [1.29, 1.82) is 0 Å². The molecule has 0 aliphatic carbocycles. The molecule has 12 aromatic rings. The number of fused-ring (bicyclic) bond motifs is 9. The summed E-state index contributed by atoms with van der Waals surface area (Å²) in [5.74, 6) is 0. The number of hydrogen-bond acceptors (Lipinski definition) is 1. The van der Waals surface area contributed by atoms with Crippen LogP contribution in [0, 0.1) is 0 Å². The van der Waals surface area contributed by atoms with Crippen LogP contribution in [0.5, 0.6) is 0 Å². The maximum Gasteiger partial charge on any atom is 0.0622 e. The number of rotatable bonds is 6. The molecule has 3 aromatic heterocycles. The molecule has 3 nitrogen and oxygen atoms in total. The quantitative estimate of drug-likeness (QED) is 0.166. The van der Waals surface area contributed by atoms with E-state index in [0.29, 0.717) is 0 Å². The summed E-state index contributed by atoms with van der Waals surface area (Å²) in [4.78, 5) is 2.41. The van der Waals surface area contributed by atoms with Crippen molar-refractivity contribution in [3.63, 3.8) is 0 Å². The van der Waals surface area contributed by atoms with Crippen LogP contribution >= 0.6 is 0 Å². The topological polar surface area (TPSA) is 12.6 Å². The van der Waals surface area contributed by atoms with Gasteiger partial charge in [0.1, 0.15) is 0 Å². The molecule has 0 atom stereocenters. The summed E-state index contributed by atoms with van der Waals surface area (Å²) in [6.07, 6.45) is 0. The highest BCUT2D eigenvalue weighted by Crippen LogP contribution is 2.45. The third kappa shape index (κ3) is 4.86. The second-order valence-electron chi connectivity index (χ2n) is 15.0. The van der Waals surface area contributed by atoms with Gasteiger partial charge in [0.2, 0.25) is 0 Å². The molecule has 0 saturated carbocycles. The Morgan fingerprint density at radius 1 is 0.281 bits per heavy atom. The monoisotopic (exact) mass is 725 g/mol. The first-order chi connectivity index (χ1) is 28.3. The van der Waals surface area contributed by atoms with E-state index < -0.39 is 0 Å². The van der Waals surface area contributed by atoms with Crippen LogP contribution in [0.25, 0.3) is 87.8 Å². The first-order valence-electron chi connectivity index (χ1n) is 19.6. The minimum absolute atomic E-state index is 1.10. The van der Waals surface area contributed by atoms with Gasteiger partial charge in [-0.05, 0) is 95.1 Å². The van der Waals surface area contributed by atoms with E-state index in [-0.39, 0.29) is 0 Å². The number of hydrogen-bond donors (Lipinski definition) is 0. The van der Waals surface area contributed by atoms with Gasteiger partial charge in [0.05, 0.1) is 27.6 Å². The SMILES string of the molecule is c1ccc(-c2ccc(N(c3ccc(-c4ccc5c6ccccc6n(-c6ccccc6)c5c4)cc3)c3cc4c5ccccc5n5c6ccccc6c(c3)c45)cc2)cc1. The normalized spacial score (nSPS) is 11.9. The molecule has 0 aliphatic rings. The molecule has 0 N–H and O–H groups in total. The smallest absolute Gasteiger partial charge is 0.0622 e. The summed E-state index contributed by atoms with van der Waals surface area (Å²) in [5.41, 5.74) is 15.5. The molecule has 57 heavy (non-hydrogen) atoms. The minimum Gasteiger partial charge on any atom is -0.310 e. The first kappa shape index (κ1) is 31.7. The highest BCUT2D eigenvalue weighted by Gasteiger charge is 2.22. The number of anilines is 3.